The van der Waals surface area contributed by atoms with Gasteiger partial charge in [-0.2, -0.15) is 0 Å². The number of benzene rings is 2. The number of anilines is 1. The standard InChI is InChI=1S/C20H17ClN2O4/c1-27-20(26)17-15-14(16(22-17)11-5-3-2-4-6-11)18(24)23(19(15)25)13-9-7-12(21)8-10-13/h2-10,14-17,22H,1H3/t14-,15+,16-,17-/m1/s1. The molecule has 2 aromatic rings. The largest absolute Gasteiger partial charge is 0.468 e. The number of ether oxygens (including phenoxy) is 1. The minimum atomic E-state index is -0.876. The van der Waals surface area contributed by atoms with Gasteiger partial charge in [0.25, 0.3) is 0 Å². The number of carbonyl (C=O) groups excluding carboxylic acids is 3. The highest BCUT2D eigenvalue weighted by Gasteiger charge is 2.61. The summed E-state index contributed by atoms with van der Waals surface area (Å²) in [6, 6.07) is 14.5. The Hall–Kier alpha value is -2.70. The Labute approximate surface area is 161 Å². The highest BCUT2D eigenvalue weighted by atomic mass is 35.5. The number of nitrogens with one attached hydrogen (secondary N) is 1. The van der Waals surface area contributed by atoms with Crippen molar-refractivity contribution in [1.82, 2.24) is 5.32 Å². The molecule has 6 nitrogen and oxygen atoms in total. The molecule has 2 aliphatic rings. The molecule has 0 aromatic heterocycles. The van der Waals surface area contributed by atoms with Gasteiger partial charge in [0.2, 0.25) is 11.8 Å². The summed E-state index contributed by atoms with van der Waals surface area (Å²) in [4.78, 5) is 39.8. The van der Waals surface area contributed by atoms with Crippen molar-refractivity contribution in [1.29, 1.82) is 0 Å². The van der Waals surface area contributed by atoms with E-state index in [1.807, 2.05) is 30.3 Å². The van der Waals surface area contributed by atoms with Crippen molar-refractivity contribution >= 4 is 35.1 Å². The second-order valence-corrected chi connectivity index (χ2v) is 7.03. The summed E-state index contributed by atoms with van der Waals surface area (Å²) in [6.45, 7) is 0. The normalized spacial score (nSPS) is 27.0. The molecular formula is C20H17ClN2O4. The quantitative estimate of drug-likeness (QED) is 0.649. The van der Waals surface area contributed by atoms with E-state index in [0.717, 1.165) is 10.5 Å². The Morgan fingerprint density at radius 2 is 1.63 bits per heavy atom. The van der Waals surface area contributed by atoms with Gasteiger partial charge >= 0.3 is 5.97 Å². The van der Waals surface area contributed by atoms with Crippen LogP contribution in [0.3, 0.4) is 0 Å². The molecule has 0 aliphatic carbocycles. The Morgan fingerprint density at radius 1 is 1.00 bits per heavy atom. The number of hydrogen-bond donors (Lipinski definition) is 1. The minimum Gasteiger partial charge on any atom is -0.468 e. The molecule has 1 N–H and O–H groups in total. The third-order valence-corrected chi connectivity index (χ3v) is 5.43. The number of esters is 1. The van der Waals surface area contributed by atoms with Gasteiger partial charge in [-0.05, 0) is 29.8 Å². The van der Waals surface area contributed by atoms with E-state index in [-0.39, 0.29) is 5.91 Å². The van der Waals surface area contributed by atoms with Gasteiger partial charge in [-0.1, -0.05) is 41.9 Å². The van der Waals surface area contributed by atoms with E-state index in [4.69, 9.17) is 16.3 Å². The molecule has 2 aliphatic heterocycles. The monoisotopic (exact) mass is 384 g/mol. The number of hydrogen-bond acceptors (Lipinski definition) is 5. The van der Waals surface area contributed by atoms with Crippen molar-refractivity contribution in [3.05, 3.63) is 65.2 Å². The van der Waals surface area contributed by atoms with E-state index in [2.05, 4.69) is 5.32 Å². The van der Waals surface area contributed by atoms with Crippen LogP contribution in [0.1, 0.15) is 11.6 Å². The summed E-state index contributed by atoms with van der Waals surface area (Å²) in [5.41, 5.74) is 1.29. The third kappa shape index (κ3) is 2.81. The summed E-state index contributed by atoms with van der Waals surface area (Å²) in [6.07, 6.45) is 0. The van der Waals surface area contributed by atoms with Gasteiger partial charge in [0.05, 0.1) is 24.6 Å². The van der Waals surface area contributed by atoms with Gasteiger partial charge in [-0.25, -0.2) is 4.90 Å². The van der Waals surface area contributed by atoms with Crippen LogP contribution < -0.4 is 10.2 Å². The number of halogens is 1. The maximum Gasteiger partial charge on any atom is 0.323 e. The molecule has 0 unspecified atom stereocenters. The average molecular weight is 385 g/mol. The lowest BCUT2D eigenvalue weighted by atomic mass is 9.86. The first kappa shape index (κ1) is 17.7. The van der Waals surface area contributed by atoms with Crippen LogP contribution in [-0.4, -0.2) is 30.9 Å². The molecule has 0 spiro atoms. The number of amides is 2. The maximum atomic E-state index is 13.2. The molecule has 2 fully saturated rings. The number of rotatable bonds is 3. The van der Waals surface area contributed by atoms with E-state index in [9.17, 15) is 14.4 Å². The lowest BCUT2D eigenvalue weighted by molar-refractivity contribution is -0.145. The van der Waals surface area contributed by atoms with Crippen LogP contribution in [0, 0.1) is 11.8 Å². The highest BCUT2D eigenvalue weighted by molar-refractivity contribution is 6.31. The van der Waals surface area contributed by atoms with Crippen molar-refractivity contribution in [3.63, 3.8) is 0 Å². The molecule has 0 saturated carbocycles. The lowest BCUT2D eigenvalue weighted by Crippen LogP contribution is -2.43. The third-order valence-electron chi connectivity index (χ3n) is 5.17. The van der Waals surface area contributed by atoms with Crippen LogP contribution in [0.5, 0.6) is 0 Å². The van der Waals surface area contributed by atoms with Crippen molar-refractivity contribution in [2.75, 3.05) is 12.0 Å². The first-order valence-corrected chi connectivity index (χ1v) is 8.93. The summed E-state index contributed by atoms with van der Waals surface area (Å²) < 4.78 is 4.87. The number of imide groups is 1. The molecule has 27 heavy (non-hydrogen) atoms. The summed E-state index contributed by atoms with van der Waals surface area (Å²) in [7, 11) is 1.27. The zero-order valence-electron chi connectivity index (χ0n) is 14.5. The molecule has 4 rings (SSSR count). The molecule has 2 amide bonds. The molecule has 2 saturated heterocycles. The summed E-state index contributed by atoms with van der Waals surface area (Å²) >= 11 is 5.91. The van der Waals surface area contributed by atoms with Gasteiger partial charge < -0.3 is 4.74 Å². The molecule has 2 aromatic carbocycles. The predicted octanol–water partition coefficient (Wildman–Crippen LogP) is 2.33. The first-order valence-electron chi connectivity index (χ1n) is 8.55. The smallest absolute Gasteiger partial charge is 0.323 e. The van der Waals surface area contributed by atoms with Crippen LogP contribution in [-0.2, 0) is 19.1 Å². The SMILES string of the molecule is COC(=O)[C@@H]1N[C@H](c2ccccc2)[C@@H]2C(=O)N(c3ccc(Cl)cc3)C(=O)[C@@H]21. The second-order valence-electron chi connectivity index (χ2n) is 6.60. The average Bonchev–Trinajstić information content (AvgIpc) is 3.20. The number of fused-ring (bicyclic) bond motifs is 1. The molecule has 4 atom stereocenters. The second kappa shape index (κ2) is 6.79. The van der Waals surface area contributed by atoms with Crippen molar-refractivity contribution in [3.8, 4) is 0 Å². The first-order chi connectivity index (χ1) is 13.0. The van der Waals surface area contributed by atoms with Crippen molar-refractivity contribution < 1.29 is 19.1 Å². The zero-order valence-corrected chi connectivity index (χ0v) is 15.2. The van der Waals surface area contributed by atoms with E-state index < -0.39 is 35.8 Å². The topological polar surface area (TPSA) is 75.7 Å². The van der Waals surface area contributed by atoms with Crippen LogP contribution >= 0.6 is 11.6 Å². The minimum absolute atomic E-state index is 0.333. The van der Waals surface area contributed by atoms with Gasteiger partial charge in [0, 0.05) is 11.1 Å². The lowest BCUT2D eigenvalue weighted by Gasteiger charge is -2.22. The zero-order chi connectivity index (χ0) is 19.1. The Kier molecular flexibility index (Phi) is 4.45. The summed E-state index contributed by atoms with van der Waals surface area (Å²) in [5.74, 6) is -2.79. The fourth-order valence-corrected chi connectivity index (χ4v) is 4.09. The Balaban J connectivity index is 1.77. The van der Waals surface area contributed by atoms with Crippen LogP contribution in [0.25, 0.3) is 0 Å². The predicted molar refractivity (Wildman–Crippen MR) is 99.0 cm³/mol. The molecular weight excluding hydrogens is 368 g/mol. The van der Waals surface area contributed by atoms with E-state index >= 15 is 0 Å². The van der Waals surface area contributed by atoms with E-state index in [1.54, 1.807) is 24.3 Å². The van der Waals surface area contributed by atoms with Gasteiger partial charge in [0.1, 0.15) is 6.04 Å². The number of carbonyl (C=O) groups is 3. The molecule has 7 heteroatoms. The van der Waals surface area contributed by atoms with Crippen LogP contribution in [0.2, 0.25) is 5.02 Å². The highest BCUT2D eigenvalue weighted by Crippen LogP contribution is 2.45. The van der Waals surface area contributed by atoms with Crippen LogP contribution in [0.15, 0.2) is 54.6 Å². The van der Waals surface area contributed by atoms with Crippen molar-refractivity contribution in [2.45, 2.75) is 12.1 Å². The Morgan fingerprint density at radius 3 is 2.26 bits per heavy atom. The van der Waals surface area contributed by atoms with Gasteiger partial charge in [0.15, 0.2) is 0 Å². The maximum absolute atomic E-state index is 13.2. The molecule has 138 valence electrons. The fourth-order valence-electron chi connectivity index (χ4n) is 3.96. The number of nitrogens with zero attached hydrogens (tertiary/aromatic N) is 1. The molecule has 0 bridgehead atoms. The van der Waals surface area contributed by atoms with Gasteiger partial charge in [-0.15, -0.1) is 0 Å². The summed E-state index contributed by atoms with van der Waals surface area (Å²) in [5, 5.41) is 3.65. The van der Waals surface area contributed by atoms with Gasteiger partial charge in [-0.3, -0.25) is 19.7 Å². The van der Waals surface area contributed by atoms with Crippen molar-refractivity contribution in [2.24, 2.45) is 11.8 Å². The Bertz CT molecular complexity index is 900. The van der Waals surface area contributed by atoms with E-state index in [1.165, 1.54) is 7.11 Å². The number of methoxy groups -OCH3 is 1. The van der Waals surface area contributed by atoms with Crippen LogP contribution in [0.4, 0.5) is 5.69 Å². The molecule has 0 radical (unpaired) electrons. The molecule has 2 heterocycles. The van der Waals surface area contributed by atoms with E-state index in [0.29, 0.717) is 10.7 Å². The fraction of sp³-hybridized carbons (Fsp3) is 0.250.